The van der Waals surface area contributed by atoms with Crippen molar-refractivity contribution in [1.29, 1.82) is 0 Å². The van der Waals surface area contributed by atoms with Gasteiger partial charge < -0.3 is 25.0 Å². The molecule has 1 aromatic heterocycles. The first-order chi connectivity index (χ1) is 21.2. The fraction of sp³-hybridized carbons (Fsp3) is 0.531. The van der Waals surface area contributed by atoms with Gasteiger partial charge in [0.2, 0.25) is 5.91 Å². The summed E-state index contributed by atoms with van der Waals surface area (Å²) in [6.07, 6.45) is 3.89. The predicted octanol–water partition coefficient (Wildman–Crippen LogP) is 4.47. The van der Waals surface area contributed by atoms with Crippen LogP contribution in [0.3, 0.4) is 0 Å². The van der Waals surface area contributed by atoms with E-state index in [1.165, 1.54) is 6.07 Å². The zero-order chi connectivity index (χ0) is 30.2. The third-order valence-electron chi connectivity index (χ3n) is 10.5. The van der Waals surface area contributed by atoms with Crippen LogP contribution in [0.4, 0.5) is 20.3 Å². The number of ether oxygens (including phenoxy) is 1. The Balaban J connectivity index is 1.16. The minimum Gasteiger partial charge on any atom is -0.508 e. The minimum atomic E-state index is -0.855. The second-order valence-corrected chi connectivity index (χ2v) is 14.0. The molecule has 4 saturated heterocycles. The highest BCUT2D eigenvalue weighted by Crippen LogP contribution is 2.43. The van der Waals surface area contributed by atoms with E-state index in [2.05, 4.69) is 35.9 Å². The molecule has 5 aliphatic heterocycles. The number of piperidine rings is 1. The summed E-state index contributed by atoms with van der Waals surface area (Å²) in [5.41, 5.74) is 1.81. The van der Waals surface area contributed by atoms with Gasteiger partial charge in [0.05, 0.1) is 27.7 Å². The van der Waals surface area contributed by atoms with E-state index in [1.54, 1.807) is 18.2 Å². The molecule has 3 atom stereocenters. The van der Waals surface area contributed by atoms with Gasteiger partial charge in [0, 0.05) is 61.8 Å². The molecule has 0 bridgehead atoms. The maximum absolute atomic E-state index is 14.7. The molecule has 6 heterocycles. The van der Waals surface area contributed by atoms with E-state index < -0.39 is 11.6 Å². The molecule has 8 rings (SSSR count). The summed E-state index contributed by atoms with van der Waals surface area (Å²) in [5, 5.41) is 14.9. The van der Waals surface area contributed by atoms with Gasteiger partial charge in [0.25, 0.3) is 0 Å². The summed E-state index contributed by atoms with van der Waals surface area (Å²) in [7, 11) is 0. The quantitative estimate of drug-likeness (QED) is 0.385. The summed E-state index contributed by atoms with van der Waals surface area (Å²) in [6.45, 7) is 4.72. The molecular weight excluding hydrogens is 634 g/mol. The largest absolute Gasteiger partial charge is 0.508 e. The molecule has 1 amide bonds. The molecule has 1 spiro atoms. The zero-order valence-electron chi connectivity index (χ0n) is 24.4. The lowest BCUT2D eigenvalue weighted by Crippen LogP contribution is -2.65. The number of aromatic hydroxyl groups is 1. The number of aromatic nitrogens is 2. The number of rotatable bonds is 5. The number of β-lactam (4-membered cyclic amide) rings is 1. The Labute approximate surface area is 262 Å². The van der Waals surface area contributed by atoms with Crippen molar-refractivity contribution in [2.45, 2.75) is 56.8 Å². The van der Waals surface area contributed by atoms with E-state index in [9.17, 15) is 18.7 Å². The summed E-state index contributed by atoms with van der Waals surface area (Å²) in [6, 6.07) is 6.62. The molecule has 3 aromatic rings. The van der Waals surface area contributed by atoms with Gasteiger partial charge in [-0.2, -0.15) is 9.97 Å². The second kappa shape index (κ2) is 10.4. The fourth-order valence-electron chi connectivity index (χ4n) is 8.23. The van der Waals surface area contributed by atoms with Gasteiger partial charge in [0.15, 0.2) is 0 Å². The van der Waals surface area contributed by atoms with Crippen LogP contribution in [0.5, 0.6) is 11.8 Å². The average molecular weight is 670 g/mol. The molecule has 0 aliphatic carbocycles. The van der Waals surface area contributed by atoms with Crippen molar-refractivity contribution in [3.05, 3.63) is 45.8 Å². The van der Waals surface area contributed by atoms with Crippen LogP contribution in [0.2, 0.25) is 0 Å². The number of benzene rings is 2. The van der Waals surface area contributed by atoms with Crippen molar-refractivity contribution < 1.29 is 23.4 Å². The number of fused-ring (bicyclic) bond motifs is 3. The van der Waals surface area contributed by atoms with Gasteiger partial charge in [-0.1, -0.05) is 6.07 Å². The van der Waals surface area contributed by atoms with Crippen molar-refractivity contribution >= 4 is 44.1 Å². The van der Waals surface area contributed by atoms with Crippen LogP contribution < -0.4 is 19.9 Å². The third-order valence-corrected chi connectivity index (χ3v) is 11.3. The highest BCUT2D eigenvalue weighted by Gasteiger charge is 2.51. The summed E-state index contributed by atoms with van der Waals surface area (Å²) in [4.78, 5) is 29.0. The molecule has 0 saturated carbocycles. The first-order valence-electron chi connectivity index (χ1n) is 15.5. The van der Waals surface area contributed by atoms with Crippen LogP contribution in [-0.4, -0.2) is 83.5 Å². The van der Waals surface area contributed by atoms with Crippen molar-refractivity contribution in [2.75, 3.05) is 55.7 Å². The number of hydrogen-bond donors (Lipinski definition) is 2. The van der Waals surface area contributed by atoms with Gasteiger partial charge in [0.1, 0.15) is 30.2 Å². The normalized spacial score (nSPS) is 28.2. The van der Waals surface area contributed by atoms with Crippen LogP contribution in [0.1, 0.15) is 43.4 Å². The van der Waals surface area contributed by atoms with Crippen molar-refractivity contribution in [3.63, 3.8) is 0 Å². The smallest absolute Gasteiger partial charge is 0.318 e. The lowest BCUT2D eigenvalue weighted by Gasteiger charge is -2.48. The maximum Gasteiger partial charge on any atom is 0.318 e. The number of alkyl halides is 1. The Morgan fingerprint density at radius 1 is 1.14 bits per heavy atom. The van der Waals surface area contributed by atoms with Crippen LogP contribution >= 0.6 is 15.9 Å². The molecular formula is C32H35BrF2N6O3. The molecule has 232 valence electrons. The Bertz CT molecular complexity index is 1680. The number of phenols is 1. The van der Waals surface area contributed by atoms with E-state index in [0.29, 0.717) is 67.7 Å². The Hall–Kier alpha value is -3.25. The molecule has 4 fully saturated rings. The topological polar surface area (TPSA) is 94.1 Å². The molecule has 9 nitrogen and oxygen atoms in total. The van der Waals surface area contributed by atoms with Gasteiger partial charge >= 0.3 is 6.01 Å². The van der Waals surface area contributed by atoms with Crippen molar-refractivity contribution in [3.8, 4) is 11.8 Å². The van der Waals surface area contributed by atoms with Crippen molar-refractivity contribution in [1.82, 2.24) is 20.2 Å². The lowest BCUT2D eigenvalue weighted by molar-refractivity contribution is -0.140. The average Bonchev–Trinajstić information content (AvgIpc) is 3.55. The molecule has 1 unspecified atom stereocenters. The van der Waals surface area contributed by atoms with E-state index in [4.69, 9.17) is 14.7 Å². The Morgan fingerprint density at radius 3 is 2.82 bits per heavy atom. The van der Waals surface area contributed by atoms with Gasteiger partial charge in [-0.25, -0.2) is 8.78 Å². The third kappa shape index (κ3) is 4.50. The highest BCUT2D eigenvalue weighted by molar-refractivity contribution is 9.10. The van der Waals surface area contributed by atoms with E-state index in [0.717, 1.165) is 61.2 Å². The fourth-order valence-corrected chi connectivity index (χ4v) is 8.79. The lowest BCUT2D eigenvalue weighted by atomic mass is 9.74. The molecule has 0 radical (unpaired) electrons. The van der Waals surface area contributed by atoms with Crippen LogP contribution in [0, 0.1) is 11.2 Å². The highest BCUT2D eigenvalue weighted by atomic mass is 79.9. The predicted molar refractivity (Wildman–Crippen MR) is 165 cm³/mol. The molecule has 12 heteroatoms. The van der Waals surface area contributed by atoms with Crippen LogP contribution in [0.25, 0.3) is 10.8 Å². The van der Waals surface area contributed by atoms with Gasteiger partial charge in [-0.15, -0.1) is 0 Å². The standard InChI is InChI=1S/C32H35BrF2N6O3/c33-27-23(35)4-3-19-11-21(42)12-25(26(19)27)39-10-5-22-24(15-39)37-30(44-18-32-7-2-9-41(32)14-20(34)13-32)38-28(22)40-8-1-6-31(17-40)16-36-29(31)43/h3-4,11-12,20,42H,1-2,5-10,13-18H2,(H,36,43)/t20-,31?,32+/m1/s1. The second-order valence-electron chi connectivity index (χ2n) is 13.2. The first-order valence-corrected chi connectivity index (χ1v) is 16.3. The Kier molecular flexibility index (Phi) is 6.68. The number of nitrogens with zero attached hydrogens (tertiary/aromatic N) is 5. The Morgan fingerprint density at radius 2 is 2.00 bits per heavy atom. The van der Waals surface area contributed by atoms with E-state index >= 15 is 0 Å². The number of hydrogen-bond acceptors (Lipinski definition) is 8. The van der Waals surface area contributed by atoms with Crippen molar-refractivity contribution in [2.24, 2.45) is 5.41 Å². The number of amides is 1. The number of halogens is 3. The SMILES string of the molecule is O=C1NCC12CCCN(c1nc(OC[C@@]34CCCN3C[C@H](F)C4)nc3c1CCN(c1cc(O)cc4ccc(F)c(Br)c14)C3)C2. The summed E-state index contributed by atoms with van der Waals surface area (Å²) in [5.74, 6) is 0.629. The number of anilines is 2. The first kappa shape index (κ1) is 28.2. The molecule has 2 aromatic carbocycles. The number of phenolic OH excluding ortho intramolecular Hbond substituents is 1. The number of carbonyl (C=O) groups excluding carboxylic acids is 1. The molecule has 2 N–H and O–H groups in total. The summed E-state index contributed by atoms with van der Waals surface area (Å²) < 4.78 is 35.9. The van der Waals surface area contributed by atoms with E-state index in [-0.39, 0.29) is 29.0 Å². The minimum absolute atomic E-state index is 0.101. The zero-order valence-corrected chi connectivity index (χ0v) is 26.0. The monoisotopic (exact) mass is 668 g/mol. The number of carbonyl (C=O) groups is 1. The molecule has 44 heavy (non-hydrogen) atoms. The van der Waals surface area contributed by atoms with Gasteiger partial charge in [-0.05, 0) is 72.1 Å². The molecule has 5 aliphatic rings. The van der Waals surface area contributed by atoms with Gasteiger partial charge in [-0.3, -0.25) is 9.69 Å². The summed E-state index contributed by atoms with van der Waals surface area (Å²) >= 11 is 3.44. The van der Waals surface area contributed by atoms with Crippen LogP contribution in [-0.2, 0) is 17.8 Å². The van der Waals surface area contributed by atoms with E-state index in [1.807, 2.05) is 0 Å². The maximum atomic E-state index is 14.7. The van der Waals surface area contributed by atoms with Crippen LogP contribution in [0.15, 0.2) is 28.7 Å². The number of nitrogens with one attached hydrogen (secondary N) is 1.